The van der Waals surface area contributed by atoms with Crippen molar-refractivity contribution in [2.75, 3.05) is 36.5 Å². The number of hydrogen-bond donors (Lipinski definition) is 1. The Balaban J connectivity index is 1.49. The molecule has 1 aromatic heterocycles. The third kappa shape index (κ3) is 3.49. The lowest BCUT2D eigenvalue weighted by Crippen LogP contribution is -2.45. The van der Waals surface area contributed by atoms with Crippen LogP contribution in [0.25, 0.3) is 0 Å². The van der Waals surface area contributed by atoms with Gasteiger partial charge in [-0.25, -0.2) is 9.97 Å². The Morgan fingerprint density at radius 1 is 1.08 bits per heavy atom. The first-order chi connectivity index (χ1) is 12.5. The van der Waals surface area contributed by atoms with Crippen LogP contribution in [0.15, 0.2) is 24.5 Å². The summed E-state index contributed by atoms with van der Waals surface area (Å²) in [5.74, 6) is 1.26. The third-order valence-electron chi connectivity index (χ3n) is 5.00. The molecule has 0 unspecified atom stereocenters. The minimum Gasteiger partial charge on any atom is -0.356 e. The molecule has 3 heterocycles. The molecule has 0 saturated carbocycles. The number of benzene rings is 1. The molecular weight excluding hydrogens is 352 g/mol. The van der Waals surface area contributed by atoms with Gasteiger partial charge in [-0.3, -0.25) is 0 Å². The summed E-state index contributed by atoms with van der Waals surface area (Å²) in [5.41, 5.74) is 3.11. The number of nitrogens with zero attached hydrogens (tertiary/aromatic N) is 3. The van der Waals surface area contributed by atoms with Crippen molar-refractivity contribution >= 4 is 28.9 Å². The normalized spacial score (nSPS) is 19.1. The van der Waals surface area contributed by atoms with Gasteiger partial charge in [0.05, 0.1) is 23.9 Å². The van der Waals surface area contributed by atoms with E-state index in [-0.39, 0.29) is 5.79 Å². The van der Waals surface area contributed by atoms with E-state index in [0.29, 0.717) is 18.2 Å². The molecule has 138 valence electrons. The minimum absolute atomic E-state index is 0.378. The van der Waals surface area contributed by atoms with Crippen LogP contribution in [0, 0.1) is 13.8 Å². The summed E-state index contributed by atoms with van der Waals surface area (Å²) >= 11 is 6.40. The standard InChI is InChI=1S/C19H23ClN4O2/c1-13-9-14(2)18(15(20)10-13)23-16-11-17(22-12-21-16)24-5-3-19(4-6-24)25-7-8-26-19/h9-12H,3-8H2,1-2H3,(H,21,22,23). The second-order valence-electron chi connectivity index (χ2n) is 6.92. The van der Waals surface area contributed by atoms with Crippen molar-refractivity contribution in [1.29, 1.82) is 0 Å². The van der Waals surface area contributed by atoms with Gasteiger partial charge in [-0.05, 0) is 31.0 Å². The van der Waals surface area contributed by atoms with Crippen molar-refractivity contribution in [3.05, 3.63) is 40.7 Å². The smallest absolute Gasteiger partial charge is 0.171 e. The molecule has 2 aromatic rings. The fourth-order valence-electron chi connectivity index (χ4n) is 3.65. The van der Waals surface area contributed by atoms with E-state index in [4.69, 9.17) is 21.1 Å². The third-order valence-corrected chi connectivity index (χ3v) is 5.30. The van der Waals surface area contributed by atoms with Gasteiger partial charge in [-0.2, -0.15) is 0 Å². The molecular formula is C19H23ClN4O2. The molecule has 1 spiro atoms. The molecule has 4 rings (SSSR count). The van der Waals surface area contributed by atoms with E-state index in [2.05, 4.69) is 26.3 Å². The van der Waals surface area contributed by atoms with E-state index in [1.165, 1.54) is 0 Å². The minimum atomic E-state index is -0.378. The molecule has 6 nitrogen and oxygen atoms in total. The first-order valence-electron chi connectivity index (χ1n) is 8.93. The summed E-state index contributed by atoms with van der Waals surface area (Å²) in [4.78, 5) is 11.0. The summed E-state index contributed by atoms with van der Waals surface area (Å²) in [6, 6.07) is 6.01. The van der Waals surface area contributed by atoms with E-state index < -0.39 is 0 Å². The number of piperidine rings is 1. The predicted molar refractivity (Wildman–Crippen MR) is 102 cm³/mol. The average Bonchev–Trinajstić information content (AvgIpc) is 3.07. The summed E-state index contributed by atoms with van der Waals surface area (Å²) in [6.07, 6.45) is 3.29. The maximum Gasteiger partial charge on any atom is 0.171 e. The highest BCUT2D eigenvalue weighted by molar-refractivity contribution is 6.33. The van der Waals surface area contributed by atoms with E-state index in [1.807, 2.05) is 26.0 Å². The number of halogens is 1. The maximum atomic E-state index is 6.40. The predicted octanol–water partition coefficient (Wildman–Crippen LogP) is 3.83. The molecule has 0 amide bonds. The van der Waals surface area contributed by atoms with Crippen LogP contribution in [0.5, 0.6) is 0 Å². The molecule has 2 aliphatic rings. The number of hydrogen-bond acceptors (Lipinski definition) is 6. The molecule has 1 N–H and O–H groups in total. The largest absolute Gasteiger partial charge is 0.356 e. The van der Waals surface area contributed by atoms with E-state index in [1.54, 1.807) is 6.33 Å². The fourth-order valence-corrected chi connectivity index (χ4v) is 4.02. The molecule has 7 heteroatoms. The van der Waals surface area contributed by atoms with Gasteiger partial charge in [0.15, 0.2) is 5.79 Å². The van der Waals surface area contributed by atoms with Gasteiger partial charge in [0, 0.05) is 32.0 Å². The molecule has 0 atom stereocenters. The van der Waals surface area contributed by atoms with Crippen molar-refractivity contribution < 1.29 is 9.47 Å². The highest BCUT2D eigenvalue weighted by atomic mass is 35.5. The summed E-state index contributed by atoms with van der Waals surface area (Å²) in [5, 5.41) is 4.03. The zero-order valence-corrected chi connectivity index (χ0v) is 15.8. The molecule has 2 aliphatic heterocycles. The summed E-state index contributed by atoms with van der Waals surface area (Å²) < 4.78 is 11.6. The molecule has 1 aromatic carbocycles. The van der Waals surface area contributed by atoms with Crippen LogP contribution in [0.3, 0.4) is 0 Å². The van der Waals surface area contributed by atoms with Gasteiger partial charge >= 0.3 is 0 Å². The highest BCUT2D eigenvalue weighted by Crippen LogP contribution is 2.34. The molecule has 0 bridgehead atoms. The summed E-state index contributed by atoms with van der Waals surface area (Å²) in [6.45, 7) is 7.15. The van der Waals surface area contributed by atoms with Crippen LogP contribution in [-0.4, -0.2) is 42.1 Å². The number of aromatic nitrogens is 2. The average molecular weight is 375 g/mol. The SMILES string of the molecule is Cc1cc(C)c(Nc2cc(N3CCC4(CC3)OCCO4)ncn2)c(Cl)c1. The maximum absolute atomic E-state index is 6.40. The van der Waals surface area contributed by atoms with Crippen molar-refractivity contribution in [3.63, 3.8) is 0 Å². The van der Waals surface area contributed by atoms with Crippen LogP contribution in [0.4, 0.5) is 17.3 Å². The van der Waals surface area contributed by atoms with Gasteiger partial charge < -0.3 is 19.7 Å². The first-order valence-corrected chi connectivity index (χ1v) is 9.31. The Kier molecular flexibility index (Phi) is 4.73. The molecule has 2 saturated heterocycles. The number of aryl methyl sites for hydroxylation is 2. The molecule has 0 aliphatic carbocycles. The van der Waals surface area contributed by atoms with Crippen molar-refractivity contribution in [3.8, 4) is 0 Å². The molecule has 0 radical (unpaired) electrons. The van der Waals surface area contributed by atoms with Crippen LogP contribution in [0.1, 0.15) is 24.0 Å². The van der Waals surface area contributed by atoms with Crippen molar-refractivity contribution in [1.82, 2.24) is 9.97 Å². The van der Waals surface area contributed by atoms with E-state index in [0.717, 1.165) is 54.4 Å². The van der Waals surface area contributed by atoms with Crippen LogP contribution >= 0.6 is 11.6 Å². The number of nitrogens with one attached hydrogen (secondary N) is 1. The highest BCUT2D eigenvalue weighted by Gasteiger charge is 2.40. The number of ether oxygens (including phenoxy) is 2. The second-order valence-corrected chi connectivity index (χ2v) is 7.33. The van der Waals surface area contributed by atoms with Gasteiger partial charge in [0.25, 0.3) is 0 Å². The molecule has 26 heavy (non-hydrogen) atoms. The lowest BCUT2D eigenvalue weighted by Gasteiger charge is -2.38. The fraction of sp³-hybridized carbons (Fsp3) is 0.474. The Bertz CT molecular complexity index is 775. The zero-order chi connectivity index (χ0) is 18.1. The van der Waals surface area contributed by atoms with Gasteiger partial charge in [0.2, 0.25) is 0 Å². The second kappa shape index (κ2) is 7.02. The summed E-state index contributed by atoms with van der Waals surface area (Å²) in [7, 11) is 0. The van der Waals surface area contributed by atoms with Crippen molar-refractivity contribution in [2.45, 2.75) is 32.5 Å². The lowest BCUT2D eigenvalue weighted by atomic mass is 10.0. The lowest BCUT2D eigenvalue weighted by molar-refractivity contribution is -0.169. The van der Waals surface area contributed by atoms with E-state index in [9.17, 15) is 0 Å². The van der Waals surface area contributed by atoms with Gasteiger partial charge in [0.1, 0.15) is 18.0 Å². The Labute approximate surface area is 158 Å². The topological polar surface area (TPSA) is 59.5 Å². The number of rotatable bonds is 3. The van der Waals surface area contributed by atoms with Crippen LogP contribution in [-0.2, 0) is 9.47 Å². The zero-order valence-electron chi connectivity index (χ0n) is 15.1. The Hall–Kier alpha value is -1.89. The quantitative estimate of drug-likeness (QED) is 0.881. The van der Waals surface area contributed by atoms with Gasteiger partial charge in [-0.15, -0.1) is 0 Å². The monoisotopic (exact) mass is 374 g/mol. The first kappa shape index (κ1) is 17.5. The van der Waals surface area contributed by atoms with Crippen LogP contribution < -0.4 is 10.2 Å². The van der Waals surface area contributed by atoms with Crippen molar-refractivity contribution in [2.24, 2.45) is 0 Å². The number of anilines is 3. The Morgan fingerprint density at radius 2 is 1.81 bits per heavy atom. The Morgan fingerprint density at radius 3 is 2.50 bits per heavy atom. The van der Waals surface area contributed by atoms with E-state index >= 15 is 0 Å². The van der Waals surface area contributed by atoms with Crippen LogP contribution in [0.2, 0.25) is 5.02 Å². The van der Waals surface area contributed by atoms with Gasteiger partial charge in [-0.1, -0.05) is 17.7 Å². The molecule has 2 fully saturated rings.